The summed E-state index contributed by atoms with van der Waals surface area (Å²) in [4.78, 5) is 0. The Morgan fingerprint density at radius 3 is 2.77 bits per heavy atom. The van der Waals surface area contributed by atoms with E-state index in [1.165, 1.54) is 25.0 Å². The van der Waals surface area contributed by atoms with Gasteiger partial charge in [-0.3, -0.25) is 0 Å². The van der Waals surface area contributed by atoms with E-state index in [-0.39, 0.29) is 18.3 Å². The lowest BCUT2D eigenvalue weighted by Gasteiger charge is -2.12. The van der Waals surface area contributed by atoms with Gasteiger partial charge in [-0.15, -0.1) is 0 Å². The lowest BCUT2D eigenvalue weighted by molar-refractivity contribution is 0.253. The van der Waals surface area contributed by atoms with E-state index < -0.39 is 0 Å². The molecular formula is C11H13FO. The van der Waals surface area contributed by atoms with Gasteiger partial charge in [0.15, 0.2) is 0 Å². The van der Waals surface area contributed by atoms with Gasteiger partial charge in [-0.05, 0) is 36.5 Å². The van der Waals surface area contributed by atoms with Crippen LogP contribution in [0.15, 0.2) is 24.3 Å². The normalized spacial score (nSPS) is 18.6. The van der Waals surface area contributed by atoms with E-state index in [1.807, 2.05) is 6.07 Å². The summed E-state index contributed by atoms with van der Waals surface area (Å²) in [5, 5.41) is 9.16. The van der Waals surface area contributed by atoms with Crippen LogP contribution in [-0.2, 0) is 0 Å². The Bertz CT molecular complexity index is 294. The van der Waals surface area contributed by atoms with Crippen LogP contribution in [0.3, 0.4) is 0 Å². The number of halogens is 1. The summed E-state index contributed by atoms with van der Waals surface area (Å²) in [5.74, 6) is 0.513. The minimum atomic E-state index is -0.211. The molecule has 0 spiro atoms. The highest BCUT2D eigenvalue weighted by atomic mass is 19.1. The maximum atomic E-state index is 12.9. The van der Waals surface area contributed by atoms with Gasteiger partial charge in [0.05, 0.1) is 6.61 Å². The molecule has 0 heterocycles. The van der Waals surface area contributed by atoms with Crippen molar-refractivity contribution in [1.29, 1.82) is 0 Å². The second-order valence-electron chi connectivity index (χ2n) is 3.68. The Hall–Kier alpha value is -0.890. The molecule has 1 aliphatic carbocycles. The highest BCUT2D eigenvalue weighted by Gasteiger charge is 2.31. The Kier molecular flexibility index (Phi) is 2.32. The van der Waals surface area contributed by atoms with Crippen LogP contribution in [-0.4, -0.2) is 11.7 Å². The average molecular weight is 180 g/mol. The molecule has 2 rings (SSSR count). The van der Waals surface area contributed by atoms with Gasteiger partial charge < -0.3 is 5.11 Å². The van der Waals surface area contributed by atoms with E-state index in [9.17, 15) is 4.39 Å². The molecule has 0 saturated heterocycles. The first-order valence-corrected chi connectivity index (χ1v) is 4.67. The van der Waals surface area contributed by atoms with Crippen LogP contribution >= 0.6 is 0 Å². The zero-order valence-corrected chi connectivity index (χ0v) is 7.41. The van der Waals surface area contributed by atoms with Gasteiger partial charge in [-0.1, -0.05) is 12.1 Å². The Morgan fingerprint density at radius 1 is 1.46 bits per heavy atom. The van der Waals surface area contributed by atoms with Crippen LogP contribution in [0.1, 0.15) is 24.3 Å². The molecule has 1 aliphatic rings. The van der Waals surface area contributed by atoms with Crippen molar-refractivity contribution in [2.45, 2.75) is 18.8 Å². The summed E-state index contributed by atoms with van der Waals surface area (Å²) in [7, 11) is 0. The average Bonchev–Trinajstić information content (AvgIpc) is 2.90. The number of benzene rings is 1. The summed E-state index contributed by atoms with van der Waals surface area (Å²) in [5.41, 5.74) is 0.935. The second kappa shape index (κ2) is 3.46. The van der Waals surface area contributed by atoms with Gasteiger partial charge in [0.25, 0.3) is 0 Å². The first-order valence-electron chi connectivity index (χ1n) is 4.67. The molecule has 0 amide bonds. The molecule has 1 unspecified atom stereocenters. The summed E-state index contributed by atoms with van der Waals surface area (Å²) < 4.78 is 12.9. The van der Waals surface area contributed by atoms with Gasteiger partial charge in [-0.2, -0.15) is 0 Å². The first-order chi connectivity index (χ1) is 6.31. The van der Waals surface area contributed by atoms with Crippen LogP contribution < -0.4 is 0 Å². The molecule has 0 bridgehead atoms. The maximum absolute atomic E-state index is 12.9. The van der Waals surface area contributed by atoms with Crippen molar-refractivity contribution in [2.24, 2.45) is 5.92 Å². The fraction of sp³-hybridized carbons (Fsp3) is 0.455. The summed E-state index contributed by atoms with van der Waals surface area (Å²) >= 11 is 0. The predicted molar refractivity (Wildman–Crippen MR) is 49.0 cm³/mol. The number of rotatable bonds is 3. The van der Waals surface area contributed by atoms with Crippen LogP contribution in [0, 0.1) is 11.7 Å². The van der Waals surface area contributed by atoms with Crippen molar-refractivity contribution in [2.75, 3.05) is 6.61 Å². The lowest BCUT2D eigenvalue weighted by Crippen LogP contribution is -2.06. The second-order valence-corrected chi connectivity index (χ2v) is 3.68. The largest absolute Gasteiger partial charge is 0.396 e. The maximum Gasteiger partial charge on any atom is 0.123 e. The van der Waals surface area contributed by atoms with Gasteiger partial charge in [0, 0.05) is 5.92 Å². The monoisotopic (exact) mass is 180 g/mol. The quantitative estimate of drug-likeness (QED) is 0.756. The third-order valence-corrected chi connectivity index (χ3v) is 2.66. The van der Waals surface area contributed by atoms with Gasteiger partial charge in [-0.25, -0.2) is 4.39 Å². The Labute approximate surface area is 77.2 Å². The van der Waals surface area contributed by atoms with Crippen molar-refractivity contribution >= 4 is 0 Å². The van der Waals surface area contributed by atoms with E-state index in [4.69, 9.17) is 5.11 Å². The minimum absolute atomic E-state index is 0.133. The molecule has 0 aromatic heterocycles. The van der Waals surface area contributed by atoms with Gasteiger partial charge >= 0.3 is 0 Å². The van der Waals surface area contributed by atoms with E-state index in [0.717, 1.165) is 5.56 Å². The summed E-state index contributed by atoms with van der Waals surface area (Å²) in [6.45, 7) is 0.133. The molecule has 1 nitrogen and oxygen atoms in total. The number of hydrogen-bond acceptors (Lipinski definition) is 1. The van der Waals surface area contributed by atoms with Gasteiger partial charge in [0.1, 0.15) is 5.82 Å². The van der Waals surface area contributed by atoms with E-state index in [0.29, 0.717) is 5.92 Å². The van der Waals surface area contributed by atoms with E-state index in [2.05, 4.69) is 0 Å². The first kappa shape index (κ1) is 8.70. The van der Waals surface area contributed by atoms with Crippen molar-refractivity contribution in [3.05, 3.63) is 35.6 Å². The molecule has 1 saturated carbocycles. The lowest BCUT2D eigenvalue weighted by atomic mass is 9.95. The Morgan fingerprint density at radius 2 is 2.23 bits per heavy atom. The SMILES string of the molecule is OCC(c1cccc(F)c1)C1CC1. The molecule has 1 atom stereocenters. The predicted octanol–water partition coefficient (Wildman–Crippen LogP) is 2.31. The summed E-state index contributed by atoms with van der Waals surface area (Å²) in [6, 6.07) is 6.56. The molecule has 0 aliphatic heterocycles. The fourth-order valence-electron chi connectivity index (χ4n) is 1.76. The summed E-state index contributed by atoms with van der Waals surface area (Å²) in [6.07, 6.45) is 2.34. The smallest absolute Gasteiger partial charge is 0.123 e. The standard InChI is InChI=1S/C11H13FO/c12-10-3-1-2-9(6-10)11(7-13)8-4-5-8/h1-3,6,8,11,13H,4-5,7H2. The molecule has 2 heteroatoms. The van der Waals surface area contributed by atoms with Crippen molar-refractivity contribution in [3.63, 3.8) is 0 Å². The van der Waals surface area contributed by atoms with Crippen molar-refractivity contribution < 1.29 is 9.50 Å². The zero-order chi connectivity index (χ0) is 9.26. The van der Waals surface area contributed by atoms with E-state index >= 15 is 0 Å². The number of hydrogen-bond donors (Lipinski definition) is 1. The third-order valence-electron chi connectivity index (χ3n) is 2.66. The molecule has 0 radical (unpaired) electrons. The molecule has 70 valence electrons. The van der Waals surface area contributed by atoms with Crippen LogP contribution in [0.25, 0.3) is 0 Å². The minimum Gasteiger partial charge on any atom is -0.396 e. The van der Waals surface area contributed by atoms with Crippen molar-refractivity contribution in [1.82, 2.24) is 0 Å². The Balaban J connectivity index is 2.21. The molecule has 1 aromatic rings. The fourth-order valence-corrected chi connectivity index (χ4v) is 1.76. The highest BCUT2D eigenvalue weighted by Crippen LogP contribution is 2.42. The molecule has 1 aromatic carbocycles. The molecule has 1 fully saturated rings. The molecule has 1 N–H and O–H groups in total. The number of aliphatic hydroxyl groups is 1. The van der Waals surface area contributed by atoms with Crippen LogP contribution in [0.4, 0.5) is 4.39 Å². The highest BCUT2D eigenvalue weighted by molar-refractivity contribution is 5.22. The molecule has 13 heavy (non-hydrogen) atoms. The third kappa shape index (κ3) is 1.89. The molecular weight excluding hydrogens is 167 g/mol. The van der Waals surface area contributed by atoms with Crippen molar-refractivity contribution in [3.8, 4) is 0 Å². The van der Waals surface area contributed by atoms with E-state index in [1.54, 1.807) is 6.07 Å². The zero-order valence-electron chi connectivity index (χ0n) is 7.41. The number of aliphatic hydroxyl groups excluding tert-OH is 1. The van der Waals surface area contributed by atoms with Gasteiger partial charge in [0.2, 0.25) is 0 Å². The van der Waals surface area contributed by atoms with Crippen LogP contribution in [0.5, 0.6) is 0 Å². The van der Waals surface area contributed by atoms with Crippen LogP contribution in [0.2, 0.25) is 0 Å². The topological polar surface area (TPSA) is 20.2 Å².